The first-order valence-electron chi connectivity index (χ1n) is 6.72. The molecule has 2 unspecified atom stereocenters. The third-order valence-corrected chi connectivity index (χ3v) is 5.27. The molecule has 98 valence electrons. The van der Waals surface area contributed by atoms with E-state index >= 15 is 0 Å². The summed E-state index contributed by atoms with van der Waals surface area (Å²) in [5, 5.41) is 4.80. The lowest BCUT2D eigenvalue weighted by atomic mass is 9.93. The van der Waals surface area contributed by atoms with Crippen molar-refractivity contribution in [1.29, 1.82) is 0 Å². The van der Waals surface area contributed by atoms with E-state index in [4.69, 9.17) is 9.73 Å². The molecule has 0 aromatic heterocycles. The molecule has 1 spiro atoms. The number of amidine groups is 1. The molecule has 3 nitrogen and oxygen atoms in total. The average Bonchev–Trinajstić information content (AvgIpc) is 2.72. The zero-order chi connectivity index (χ0) is 12.3. The van der Waals surface area contributed by atoms with E-state index in [9.17, 15) is 0 Å². The summed E-state index contributed by atoms with van der Waals surface area (Å²) >= 11 is 1.89. The number of rotatable bonds is 3. The smallest absolute Gasteiger partial charge is 0.157 e. The molecule has 0 aliphatic carbocycles. The summed E-state index contributed by atoms with van der Waals surface area (Å²) in [5.74, 6) is 1.82. The summed E-state index contributed by atoms with van der Waals surface area (Å²) in [7, 11) is 0. The van der Waals surface area contributed by atoms with Gasteiger partial charge in [-0.15, -0.1) is 0 Å². The quantitative estimate of drug-likeness (QED) is 0.843. The van der Waals surface area contributed by atoms with Crippen LogP contribution in [0, 0.1) is 5.92 Å². The third kappa shape index (κ3) is 3.16. The fourth-order valence-corrected chi connectivity index (χ4v) is 3.56. The molecule has 2 saturated heterocycles. The van der Waals surface area contributed by atoms with Gasteiger partial charge in [0.1, 0.15) is 0 Å². The van der Waals surface area contributed by atoms with E-state index in [0.29, 0.717) is 12.0 Å². The van der Waals surface area contributed by atoms with Crippen LogP contribution >= 0.6 is 11.8 Å². The molecule has 0 aromatic carbocycles. The van der Waals surface area contributed by atoms with Gasteiger partial charge in [-0.2, -0.15) is 0 Å². The molecule has 2 heterocycles. The van der Waals surface area contributed by atoms with Crippen molar-refractivity contribution in [3.05, 3.63) is 0 Å². The molecule has 2 aliphatic rings. The number of thioether (sulfide) groups is 1. The monoisotopic (exact) mass is 256 g/mol. The summed E-state index contributed by atoms with van der Waals surface area (Å²) in [4.78, 5) is 4.82. The van der Waals surface area contributed by atoms with Crippen LogP contribution in [0.25, 0.3) is 0 Å². The predicted molar refractivity (Wildman–Crippen MR) is 74.7 cm³/mol. The fraction of sp³-hybridized carbons (Fsp3) is 0.923. The van der Waals surface area contributed by atoms with Crippen molar-refractivity contribution < 1.29 is 4.74 Å². The van der Waals surface area contributed by atoms with Crippen LogP contribution in [0.3, 0.4) is 0 Å². The highest BCUT2D eigenvalue weighted by molar-refractivity contribution is 8.14. The van der Waals surface area contributed by atoms with Crippen LogP contribution < -0.4 is 5.32 Å². The Hall–Kier alpha value is -0.220. The van der Waals surface area contributed by atoms with Gasteiger partial charge in [-0.25, -0.2) is 0 Å². The average molecular weight is 256 g/mol. The summed E-state index contributed by atoms with van der Waals surface area (Å²) in [6.07, 6.45) is 3.44. The van der Waals surface area contributed by atoms with Gasteiger partial charge >= 0.3 is 0 Å². The molecule has 2 atom stereocenters. The van der Waals surface area contributed by atoms with Gasteiger partial charge in [0.05, 0.1) is 11.6 Å². The Morgan fingerprint density at radius 2 is 2.12 bits per heavy atom. The van der Waals surface area contributed by atoms with Gasteiger partial charge in [0.2, 0.25) is 0 Å². The second-order valence-corrected chi connectivity index (χ2v) is 6.33. The summed E-state index contributed by atoms with van der Waals surface area (Å²) in [6.45, 7) is 8.51. The van der Waals surface area contributed by atoms with Crippen LogP contribution in [0.15, 0.2) is 4.99 Å². The lowest BCUT2D eigenvalue weighted by molar-refractivity contribution is 0.0555. The number of nitrogens with zero attached hydrogens (tertiary/aromatic N) is 1. The van der Waals surface area contributed by atoms with Gasteiger partial charge < -0.3 is 10.1 Å². The van der Waals surface area contributed by atoms with Crippen LogP contribution in [-0.4, -0.2) is 35.7 Å². The first kappa shape index (κ1) is 13.2. The Morgan fingerprint density at radius 1 is 1.41 bits per heavy atom. The second kappa shape index (κ2) is 5.61. The SMILES string of the molecule is CCC(C)C(C)N=C1NC2(CCOCC2)CS1. The minimum Gasteiger partial charge on any atom is -0.381 e. The van der Waals surface area contributed by atoms with Crippen LogP contribution in [0.4, 0.5) is 0 Å². The van der Waals surface area contributed by atoms with Gasteiger partial charge in [0, 0.05) is 19.0 Å². The molecule has 0 radical (unpaired) electrons. The molecule has 4 heteroatoms. The Kier molecular flexibility index (Phi) is 4.36. The van der Waals surface area contributed by atoms with E-state index in [2.05, 4.69) is 26.1 Å². The van der Waals surface area contributed by atoms with Crippen LogP contribution in [-0.2, 0) is 4.74 Å². The van der Waals surface area contributed by atoms with Gasteiger partial charge in [0.15, 0.2) is 5.17 Å². The zero-order valence-corrected chi connectivity index (χ0v) is 12.0. The maximum atomic E-state index is 5.44. The van der Waals surface area contributed by atoms with E-state index in [-0.39, 0.29) is 5.54 Å². The van der Waals surface area contributed by atoms with Crippen molar-refractivity contribution in [3.8, 4) is 0 Å². The van der Waals surface area contributed by atoms with Crippen molar-refractivity contribution in [2.24, 2.45) is 10.9 Å². The fourth-order valence-electron chi connectivity index (χ4n) is 2.26. The Morgan fingerprint density at radius 3 is 2.76 bits per heavy atom. The lowest BCUT2D eigenvalue weighted by Crippen LogP contribution is -2.48. The molecule has 0 amide bonds. The molecule has 0 aromatic rings. The summed E-state index contributed by atoms with van der Waals surface area (Å²) < 4.78 is 5.44. The van der Waals surface area contributed by atoms with Crippen LogP contribution in [0.2, 0.25) is 0 Å². The van der Waals surface area contributed by atoms with Crippen LogP contribution in [0.1, 0.15) is 40.0 Å². The summed E-state index contributed by atoms with van der Waals surface area (Å²) in [5.41, 5.74) is 0.275. The van der Waals surface area contributed by atoms with E-state index in [1.165, 1.54) is 6.42 Å². The van der Waals surface area contributed by atoms with Crippen molar-refractivity contribution >= 4 is 16.9 Å². The topological polar surface area (TPSA) is 33.6 Å². The van der Waals surface area contributed by atoms with Crippen molar-refractivity contribution in [2.75, 3.05) is 19.0 Å². The van der Waals surface area contributed by atoms with Gasteiger partial charge in [-0.05, 0) is 25.7 Å². The van der Waals surface area contributed by atoms with Crippen molar-refractivity contribution in [3.63, 3.8) is 0 Å². The molecular weight excluding hydrogens is 232 g/mol. The van der Waals surface area contributed by atoms with Gasteiger partial charge in [0.25, 0.3) is 0 Å². The largest absolute Gasteiger partial charge is 0.381 e. The Bertz CT molecular complexity index is 287. The number of hydrogen-bond donors (Lipinski definition) is 1. The highest BCUT2D eigenvalue weighted by Crippen LogP contribution is 2.32. The van der Waals surface area contributed by atoms with Crippen LogP contribution in [0.5, 0.6) is 0 Å². The Balaban J connectivity index is 1.94. The standard InChI is InChI=1S/C13H24N2OS/c1-4-10(2)11(3)14-12-15-13(9-17-12)5-7-16-8-6-13/h10-11H,4-9H2,1-3H3,(H,14,15). The Labute approximate surface area is 109 Å². The normalized spacial score (nSPS) is 29.2. The highest BCUT2D eigenvalue weighted by Gasteiger charge is 2.38. The first-order chi connectivity index (χ1) is 8.15. The molecular formula is C13H24N2OS. The zero-order valence-electron chi connectivity index (χ0n) is 11.2. The minimum atomic E-state index is 0.275. The number of hydrogen-bond acceptors (Lipinski definition) is 3. The lowest BCUT2D eigenvalue weighted by Gasteiger charge is -2.32. The maximum absolute atomic E-state index is 5.44. The predicted octanol–water partition coefficient (Wildman–Crippen LogP) is 2.66. The minimum absolute atomic E-state index is 0.275. The molecule has 0 bridgehead atoms. The summed E-state index contributed by atoms with van der Waals surface area (Å²) in [6, 6.07) is 0.421. The number of ether oxygens (including phenoxy) is 1. The molecule has 17 heavy (non-hydrogen) atoms. The number of aliphatic imine (C=N–C) groups is 1. The van der Waals surface area contributed by atoms with Crippen molar-refractivity contribution in [2.45, 2.75) is 51.6 Å². The highest BCUT2D eigenvalue weighted by atomic mass is 32.2. The molecule has 2 fully saturated rings. The van der Waals surface area contributed by atoms with E-state index in [1.807, 2.05) is 11.8 Å². The van der Waals surface area contributed by atoms with E-state index in [1.54, 1.807) is 0 Å². The van der Waals surface area contributed by atoms with Gasteiger partial charge in [-0.3, -0.25) is 4.99 Å². The van der Waals surface area contributed by atoms with Crippen molar-refractivity contribution in [1.82, 2.24) is 5.32 Å². The van der Waals surface area contributed by atoms with E-state index < -0.39 is 0 Å². The molecule has 1 N–H and O–H groups in total. The second-order valence-electron chi connectivity index (χ2n) is 5.37. The third-order valence-electron chi connectivity index (χ3n) is 4.10. The van der Waals surface area contributed by atoms with E-state index in [0.717, 1.165) is 37.0 Å². The first-order valence-corrected chi connectivity index (χ1v) is 7.70. The molecule has 0 saturated carbocycles. The molecule has 2 aliphatic heterocycles. The van der Waals surface area contributed by atoms with Gasteiger partial charge in [-0.1, -0.05) is 32.0 Å². The number of nitrogens with one attached hydrogen (secondary N) is 1. The molecule has 2 rings (SSSR count). The maximum Gasteiger partial charge on any atom is 0.157 e.